The molecule has 0 aromatic heterocycles. The summed E-state index contributed by atoms with van der Waals surface area (Å²) < 4.78 is 21.6. The summed E-state index contributed by atoms with van der Waals surface area (Å²) in [5.74, 6) is 0.383. The van der Waals surface area contributed by atoms with Gasteiger partial charge < -0.3 is 29.0 Å². The highest BCUT2D eigenvalue weighted by Gasteiger charge is 2.73. The molecule has 2 bridgehead atoms. The fourth-order valence-corrected chi connectivity index (χ4v) is 6.06. The van der Waals surface area contributed by atoms with Gasteiger partial charge in [0.15, 0.2) is 23.4 Å². The molecule has 9 heteroatoms. The number of carbonyl (C=O) groups excluding carboxylic acids is 3. The molecule has 5 rings (SSSR count). The van der Waals surface area contributed by atoms with Crippen molar-refractivity contribution in [3.05, 3.63) is 23.3 Å². The minimum atomic E-state index is -1.35. The molecule has 1 saturated carbocycles. The molecule has 31 heavy (non-hydrogen) atoms. The van der Waals surface area contributed by atoms with E-state index in [1.54, 1.807) is 30.9 Å². The third-order valence-corrected chi connectivity index (χ3v) is 7.20. The van der Waals surface area contributed by atoms with Crippen LogP contribution in [0.3, 0.4) is 0 Å². The number of hydrogen-bond donors (Lipinski definition) is 1. The lowest BCUT2D eigenvalue weighted by atomic mass is 9.49. The minimum absolute atomic E-state index is 0.0980. The number of piperidine rings is 1. The molecule has 1 amide bonds. The first kappa shape index (κ1) is 20.1. The smallest absolute Gasteiger partial charge is 0.477 e. The fraction of sp³-hybridized carbons (Fsp3) is 0.591. The van der Waals surface area contributed by atoms with Crippen LogP contribution in [0, 0.1) is 0 Å². The molecular formula is C22H25NO8. The van der Waals surface area contributed by atoms with E-state index in [0.29, 0.717) is 25.1 Å². The van der Waals surface area contributed by atoms with Crippen LogP contribution in [0.2, 0.25) is 0 Å². The van der Waals surface area contributed by atoms with Gasteiger partial charge in [0.25, 0.3) is 0 Å². The normalized spacial score (nSPS) is 32.1. The fourth-order valence-electron chi connectivity index (χ4n) is 6.06. The van der Waals surface area contributed by atoms with Crippen LogP contribution in [-0.2, 0) is 26.1 Å². The van der Waals surface area contributed by atoms with Crippen LogP contribution in [0.5, 0.6) is 11.5 Å². The largest absolute Gasteiger partial charge is 0.513 e. The number of hydrogen-bond acceptors (Lipinski definition) is 8. The molecule has 2 heterocycles. The van der Waals surface area contributed by atoms with E-state index in [1.165, 1.54) is 0 Å². The van der Waals surface area contributed by atoms with Gasteiger partial charge >= 0.3 is 12.2 Å². The second-order valence-corrected chi connectivity index (χ2v) is 8.43. The number of amides is 1. The second kappa shape index (κ2) is 6.85. The van der Waals surface area contributed by atoms with Crippen molar-refractivity contribution in [3.63, 3.8) is 0 Å². The highest BCUT2D eigenvalue weighted by Crippen LogP contribution is 2.64. The summed E-state index contributed by atoms with van der Waals surface area (Å²) in [5.41, 5.74) is -0.758. The number of rotatable bonds is 3. The summed E-state index contributed by atoms with van der Waals surface area (Å²) in [5, 5.41) is 12.1. The van der Waals surface area contributed by atoms with Gasteiger partial charge in [-0.2, -0.15) is 0 Å². The van der Waals surface area contributed by atoms with Gasteiger partial charge in [-0.1, -0.05) is 6.07 Å². The first-order chi connectivity index (χ1) is 14.9. The van der Waals surface area contributed by atoms with E-state index in [4.69, 9.17) is 18.9 Å². The highest BCUT2D eigenvalue weighted by atomic mass is 16.7. The number of carbonyl (C=O) groups is 3. The van der Waals surface area contributed by atoms with Gasteiger partial charge in [0.2, 0.25) is 0 Å². The third kappa shape index (κ3) is 2.49. The summed E-state index contributed by atoms with van der Waals surface area (Å²) in [4.78, 5) is 39.1. The second-order valence-electron chi connectivity index (χ2n) is 8.43. The predicted molar refractivity (Wildman–Crippen MR) is 105 cm³/mol. The van der Waals surface area contributed by atoms with Crippen LogP contribution in [-0.4, -0.2) is 65.5 Å². The molecule has 0 radical (unpaired) electrons. The zero-order valence-corrected chi connectivity index (χ0v) is 17.5. The summed E-state index contributed by atoms with van der Waals surface area (Å²) in [6.45, 7) is 4.15. The Balaban J connectivity index is 1.65. The van der Waals surface area contributed by atoms with Gasteiger partial charge in [-0.15, -0.1) is 0 Å². The molecule has 9 nitrogen and oxygen atoms in total. The Kier molecular flexibility index (Phi) is 4.44. The Hall–Kier alpha value is -2.81. The summed E-state index contributed by atoms with van der Waals surface area (Å²) in [6.07, 6.45) is -1.10. The number of benzene rings is 1. The first-order valence-corrected chi connectivity index (χ1v) is 10.7. The van der Waals surface area contributed by atoms with Crippen molar-refractivity contribution in [2.75, 3.05) is 19.8 Å². The summed E-state index contributed by atoms with van der Waals surface area (Å²) >= 11 is 0. The topological polar surface area (TPSA) is 112 Å². The standard InChI is InChI=1S/C22H25NO8/c1-3-28-19(25)23-10-9-21-16-12-5-6-14(30-20(26)29-4-2)17(16)31-18(21)13(24)7-8-22(21,27)15(23)11-12/h5-6,15,18,27H,3-4,7-11H2,1-2H3/t15-,18+,21+,22-/m1/s1. The number of aliphatic hydroxyl groups is 1. The molecule has 0 unspecified atom stereocenters. The Morgan fingerprint density at radius 3 is 2.74 bits per heavy atom. The quantitative estimate of drug-likeness (QED) is 0.572. The Morgan fingerprint density at radius 2 is 2.00 bits per heavy atom. The van der Waals surface area contributed by atoms with Crippen molar-refractivity contribution >= 4 is 18.0 Å². The van der Waals surface area contributed by atoms with Crippen molar-refractivity contribution in [1.29, 1.82) is 0 Å². The average Bonchev–Trinajstić information content (AvgIpc) is 3.08. The molecule has 4 atom stereocenters. The van der Waals surface area contributed by atoms with Crippen LogP contribution in [0.4, 0.5) is 9.59 Å². The van der Waals surface area contributed by atoms with Crippen LogP contribution in [0.1, 0.15) is 44.2 Å². The average molecular weight is 431 g/mol. The summed E-state index contributed by atoms with van der Waals surface area (Å²) in [7, 11) is 0. The zero-order valence-electron chi connectivity index (χ0n) is 17.5. The van der Waals surface area contributed by atoms with E-state index in [9.17, 15) is 19.5 Å². The zero-order chi connectivity index (χ0) is 22.0. The molecule has 4 aliphatic rings. The maximum atomic E-state index is 12.9. The first-order valence-electron chi connectivity index (χ1n) is 10.7. The molecule has 1 N–H and O–H groups in total. The van der Waals surface area contributed by atoms with Crippen molar-refractivity contribution in [1.82, 2.24) is 4.90 Å². The van der Waals surface area contributed by atoms with Crippen molar-refractivity contribution in [2.24, 2.45) is 0 Å². The summed E-state index contributed by atoms with van der Waals surface area (Å²) in [6, 6.07) is 2.88. The minimum Gasteiger partial charge on any atom is -0.477 e. The molecule has 2 aliphatic heterocycles. The molecule has 1 aromatic rings. The lowest BCUT2D eigenvalue weighted by Crippen LogP contribution is -2.77. The van der Waals surface area contributed by atoms with Crippen LogP contribution < -0.4 is 9.47 Å². The Bertz CT molecular complexity index is 977. The monoisotopic (exact) mass is 431 g/mol. The predicted octanol–water partition coefficient (Wildman–Crippen LogP) is 2.10. The van der Waals surface area contributed by atoms with E-state index in [1.807, 2.05) is 0 Å². The van der Waals surface area contributed by atoms with E-state index in [-0.39, 0.29) is 37.6 Å². The van der Waals surface area contributed by atoms with Crippen molar-refractivity contribution < 1.29 is 38.4 Å². The van der Waals surface area contributed by atoms with E-state index in [2.05, 4.69) is 0 Å². The molecule has 1 spiro atoms. The van der Waals surface area contributed by atoms with Crippen molar-refractivity contribution in [2.45, 2.75) is 62.7 Å². The van der Waals surface area contributed by atoms with E-state index >= 15 is 0 Å². The van der Waals surface area contributed by atoms with Gasteiger partial charge in [-0.3, -0.25) is 4.79 Å². The Labute approximate surface area is 179 Å². The van der Waals surface area contributed by atoms with Gasteiger partial charge in [0.1, 0.15) is 0 Å². The van der Waals surface area contributed by atoms with Crippen LogP contribution in [0.15, 0.2) is 12.1 Å². The number of ketones is 1. The molecule has 166 valence electrons. The van der Waals surface area contributed by atoms with E-state index < -0.39 is 35.4 Å². The third-order valence-electron chi connectivity index (χ3n) is 7.20. The SMILES string of the molecule is CCOC(=O)Oc1ccc2c3c1O[C@H]1C(=O)CC[C@@]4(O)[C@@H](C2)N(C(=O)OCC)CC[C@]314. The maximum Gasteiger partial charge on any atom is 0.513 e. The lowest BCUT2D eigenvalue weighted by molar-refractivity contribution is -0.183. The van der Waals surface area contributed by atoms with E-state index in [0.717, 1.165) is 11.1 Å². The van der Waals surface area contributed by atoms with Gasteiger partial charge in [0.05, 0.1) is 30.3 Å². The van der Waals surface area contributed by atoms with Gasteiger partial charge in [-0.25, -0.2) is 9.59 Å². The van der Waals surface area contributed by atoms with Gasteiger partial charge in [-0.05, 0) is 44.7 Å². The molecule has 1 aromatic carbocycles. The molecule has 2 aliphatic carbocycles. The van der Waals surface area contributed by atoms with Crippen LogP contribution >= 0.6 is 0 Å². The molecule has 2 fully saturated rings. The van der Waals surface area contributed by atoms with Gasteiger partial charge in [0, 0.05) is 18.5 Å². The Morgan fingerprint density at radius 1 is 1.23 bits per heavy atom. The molecular weight excluding hydrogens is 406 g/mol. The number of Topliss-reactive ketones (excluding diaryl/α,β-unsaturated/α-hetero) is 1. The number of likely N-dealkylation sites (tertiary alicyclic amines) is 1. The number of nitrogens with zero attached hydrogens (tertiary/aromatic N) is 1. The maximum absolute atomic E-state index is 12.9. The lowest BCUT2D eigenvalue weighted by Gasteiger charge is -2.61. The van der Waals surface area contributed by atoms with Crippen molar-refractivity contribution in [3.8, 4) is 11.5 Å². The molecule has 1 saturated heterocycles. The number of ether oxygens (including phenoxy) is 4. The van der Waals surface area contributed by atoms with Crippen LogP contribution in [0.25, 0.3) is 0 Å². The highest BCUT2D eigenvalue weighted by molar-refractivity contribution is 5.90.